The van der Waals surface area contributed by atoms with Crippen LogP contribution in [-0.2, 0) is 0 Å². The lowest BCUT2D eigenvalue weighted by atomic mass is 10.0. The number of hydrogen-bond donors (Lipinski definition) is 0. The molecule has 6 aromatic carbocycles. The lowest BCUT2D eigenvalue weighted by Crippen LogP contribution is -1.99. The van der Waals surface area contributed by atoms with Crippen molar-refractivity contribution < 1.29 is 0 Å². The van der Waals surface area contributed by atoms with Crippen molar-refractivity contribution in [3.05, 3.63) is 163 Å². The zero-order chi connectivity index (χ0) is 32.8. The Morgan fingerprint density at radius 2 is 1.10 bits per heavy atom. The van der Waals surface area contributed by atoms with Gasteiger partial charge in [-0.05, 0) is 77.9 Å². The number of fused-ring (bicyclic) bond motifs is 9. The number of imidazole rings is 1. The molecule has 0 amide bonds. The largest absolute Gasteiger partial charge is 0.309 e. The minimum atomic E-state index is 0.893. The van der Waals surface area contributed by atoms with E-state index in [0.717, 1.165) is 60.9 Å². The van der Waals surface area contributed by atoms with Gasteiger partial charge in [-0.2, -0.15) is 0 Å². The van der Waals surface area contributed by atoms with Crippen molar-refractivity contribution in [2.75, 3.05) is 0 Å². The molecule has 0 atom stereocenters. The molecule has 0 saturated carbocycles. The first-order valence-electron chi connectivity index (χ1n) is 16.7. The molecule has 11 rings (SSSR count). The van der Waals surface area contributed by atoms with Gasteiger partial charge in [0, 0.05) is 44.4 Å². The third-order valence-corrected chi connectivity index (χ3v) is 10.7. The molecule has 0 unspecified atom stereocenters. The first kappa shape index (κ1) is 27.5. The van der Waals surface area contributed by atoms with E-state index in [2.05, 4.69) is 177 Å². The number of aromatic nitrogens is 5. The summed E-state index contributed by atoms with van der Waals surface area (Å²) in [6.07, 6.45) is 2.09. The molecule has 0 radical (unpaired) electrons. The topological polar surface area (TPSA) is 40.0 Å². The molecule has 11 aromatic rings. The molecule has 0 aliphatic rings. The van der Waals surface area contributed by atoms with Gasteiger partial charge in [0.1, 0.15) is 5.82 Å². The van der Waals surface area contributed by atoms with Crippen LogP contribution in [0.15, 0.2) is 163 Å². The van der Waals surface area contributed by atoms with E-state index in [0.29, 0.717) is 0 Å². The van der Waals surface area contributed by atoms with Crippen LogP contribution in [0, 0.1) is 0 Å². The van der Waals surface area contributed by atoms with Crippen LogP contribution in [0.1, 0.15) is 0 Å². The highest BCUT2D eigenvalue weighted by Crippen LogP contribution is 2.37. The summed E-state index contributed by atoms with van der Waals surface area (Å²) in [6, 6.07) is 54.3. The van der Waals surface area contributed by atoms with Crippen molar-refractivity contribution in [3.8, 4) is 33.9 Å². The van der Waals surface area contributed by atoms with Crippen LogP contribution in [0.4, 0.5) is 0 Å². The van der Waals surface area contributed by atoms with Crippen molar-refractivity contribution in [3.63, 3.8) is 0 Å². The van der Waals surface area contributed by atoms with Gasteiger partial charge in [-0.15, -0.1) is 11.3 Å². The van der Waals surface area contributed by atoms with Gasteiger partial charge in [0.2, 0.25) is 0 Å². The van der Waals surface area contributed by atoms with Gasteiger partial charge in [-0.3, -0.25) is 8.97 Å². The molecule has 0 saturated heterocycles. The smallest absolute Gasteiger partial charge is 0.194 e. The van der Waals surface area contributed by atoms with Crippen LogP contribution >= 0.6 is 11.3 Å². The fourth-order valence-corrected chi connectivity index (χ4v) is 8.47. The van der Waals surface area contributed by atoms with Crippen LogP contribution < -0.4 is 0 Å². The highest BCUT2D eigenvalue weighted by molar-refractivity contribution is 7.15. The van der Waals surface area contributed by atoms with E-state index in [1.165, 1.54) is 32.6 Å². The Hall–Kier alpha value is -6.50. The summed E-state index contributed by atoms with van der Waals surface area (Å²) in [5.74, 6) is 0.893. The second-order valence-corrected chi connectivity index (χ2v) is 13.6. The number of hydrogen-bond acceptors (Lipinski definition) is 3. The fraction of sp³-hybridized carbons (Fsp3) is 0. The molecule has 0 aliphatic heterocycles. The number of nitrogens with zero attached hydrogens (tertiary/aromatic N) is 5. The molecule has 5 aromatic heterocycles. The van der Waals surface area contributed by atoms with Gasteiger partial charge in [-0.1, -0.05) is 84.9 Å². The monoisotopic (exact) mass is 657 g/mol. The van der Waals surface area contributed by atoms with Crippen molar-refractivity contribution in [1.82, 2.24) is 23.5 Å². The second-order valence-electron chi connectivity index (χ2n) is 12.8. The van der Waals surface area contributed by atoms with Crippen LogP contribution in [0.3, 0.4) is 0 Å². The third-order valence-electron chi connectivity index (χ3n) is 9.99. The molecule has 0 bridgehead atoms. The summed E-state index contributed by atoms with van der Waals surface area (Å²) >= 11 is 1.66. The molecule has 0 fully saturated rings. The Labute approximate surface area is 290 Å². The van der Waals surface area contributed by atoms with Gasteiger partial charge >= 0.3 is 0 Å². The average Bonchev–Trinajstić information content (AvgIpc) is 3.94. The Kier molecular flexibility index (Phi) is 5.76. The maximum atomic E-state index is 5.30. The molecule has 0 N–H and O–H groups in total. The van der Waals surface area contributed by atoms with E-state index in [4.69, 9.17) is 9.97 Å². The van der Waals surface area contributed by atoms with Gasteiger partial charge in [0.05, 0.1) is 38.8 Å². The number of thiazole rings is 1. The second kappa shape index (κ2) is 10.5. The first-order chi connectivity index (χ1) is 24.8. The average molecular weight is 658 g/mol. The zero-order valence-electron chi connectivity index (χ0n) is 26.7. The Bertz CT molecular complexity index is 3070. The summed E-state index contributed by atoms with van der Waals surface area (Å²) in [5, 5.41) is 7.00. The molecule has 234 valence electrons. The van der Waals surface area contributed by atoms with Crippen molar-refractivity contribution in [1.29, 1.82) is 0 Å². The van der Waals surface area contributed by atoms with E-state index in [1.54, 1.807) is 11.3 Å². The zero-order valence-corrected chi connectivity index (χ0v) is 27.5. The predicted molar refractivity (Wildman–Crippen MR) is 208 cm³/mol. The Balaban J connectivity index is 1.05. The highest BCUT2D eigenvalue weighted by atomic mass is 32.1. The molecular weight excluding hydrogens is 631 g/mol. The van der Waals surface area contributed by atoms with Crippen LogP contribution in [0.5, 0.6) is 0 Å². The number of pyridine rings is 1. The molecular formula is C44H27N5S. The number of rotatable bonds is 4. The van der Waals surface area contributed by atoms with E-state index in [9.17, 15) is 0 Å². The maximum absolute atomic E-state index is 5.30. The van der Waals surface area contributed by atoms with Gasteiger partial charge < -0.3 is 4.57 Å². The maximum Gasteiger partial charge on any atom is 0.194 e. The standard InChI is InChI=1S/C44H27N5S/c1-4-15-38-32(11-1)33-12-2-5-16-39(33)48(38)31-20-22-41-35(27-31)34-13-3-6-17-40(34)49(41)43-18-8-14-36(45-43)30-10-7-9-28(25-30)29-19-21-37-42(26-29)47-23-24-50-44(47)46-37/h1-27H. The Morgan fingerprint density at radius 3 is 1.90 bits per heavy atom. The van der Waals surface area contributed by atoms with Gasteiger partial charge in [0.15, 0.2) is 4.96 Å². The normalized spacial score (nSPS) is 12.0. The molecule has 6 heteroatoms. The minimum Gasteiger partial charge on any atom is -0.309 e. The first-order valence-corrected chi connectivity index (χ1v) is 17.6. The fourth-order valence-electron chi connectivity index (χ4n) is 7.74. The van der Waals surface area contributed by atoms with Gasteiger partial charge in [0.25, 0.3) is 0 Å². The van der Waals surface area contributed by atoms with E-state index in [-0.39, 0.29) is 0 Å². The number of benzene rings is 6. The summed E-state index contributed by atoms with van der Waals surface area (Å²) in [5.41, 5.74) is 12.3. The molecule has 50 heavy (non-hydrogen) atoms. The summed E-state index contributed by atoms with van der Waals surface area (Å²) in [7, 11) is 0. The SMILES string of the molecule is c1cc(-c2ccc3nc4sccn4c3c2)cc(-c2cccc(-n3c4ccccc4c4cc(-n5c6ccccc6c6ccccc65)ccc43)n2)c1. The third kappa shape index (κ3) is 4.00. The number of para-hydroxylation sites is 3. The van der Waals surface area contributed by atoms with E-state index in [1.807, 2.05) is 0 Å². The van der Waals surface area contributed by atoms with Crippen molar-refractivity contribution in [2.45, 2.75) is 0 Å². The lowest BCUT2D eigenvalue weighted by Gasteiger charge is -2.11. The Morgan fingerprint density at radius 1 is 0.440 bits per heavy atom. The van der Waals surface area contributed by atoms with Gasteiger partial charge in [-0.25, -0.2) is 9.97 Å². The quantitative estimate of drug-likeness (QED) is 0.189. The van der Waals surface area contributed by atoms with Crippen molar-refractivity contribution >= 4 is 70.9 Å². The lowest BCUT2D eigenvalue weighted by molar-refractivity contribution is 1.08. The van der Waals surface area contributed by atoms with Crippen LogP contribution in [-0.4, -0.2) is 23.5 Å². The molecule has 5 heterocycles. The predicted octanol–water partition coefficient (Wildman–Crippen LogP) is 11.5. The molecule has 0 spiro atoms. The minimum absolute atomic E-state index is 0.893. The summed E-state index contributed by atoms with van der Waals surface area (Å²) in [6.45, 7) is 0. The van der Waals surface area contributed by atoms with Crippen LogP contribution in [0.2, 0.25) is 0 Å². The van der Waals surface area contributed by atoms with Crippen molar-refractivity contribution in [2.24, 2.45) is 0 Å². The summed E-state index contributed by atoms with van der Waals surface area (Å²) in [4.78, 5) is 11.1. The van der Waals surface area contributed by atoms with E-state index < -0.39 is 0 Å². The van der Waals surface area contributed by atoms with E-state index >= 15 is 0 Å². The molecule has 5 nitrogen and oxygen atoms in total. The highest BCUT2D eigenvalue weighted by Gasteiger charge is 2.17. The van der Waals surface area contributed by atoms with Crippen LogP contribution in [0.25, 0.3) is 93.5 Å². The summed E-state index contributed by atoms with van der Waals surface area (Å²) < 4.78 is 6.85. The molecule has 0 aliphatic carbocycles.